The number of hydrogen-bond donors (Lipinski definition) is 12. The van der Waals surface area contributed by atoms with Gasteiger partial charge in [0.1, 0.15) is 36.6 Å². The number of carbonyl (C=O) groups excluding carboxylic acids is 7. The number of ether oxygens (including phenoxy) is 1. The van der Waals surface area contributed by atoms with E-state index in [-0.39, 0.29) is 24.2 Å². The molecule has 0 aromatic heterocycles. The van der Waals surface area contributed by atoms with Crippen LogP contribution in [0.2, 0.25) is 0 Å². The minimum absolute atomic E-state index is 0.00982. The topological polar surface area (TPSA) is 373 Å². The molecule has 0 fully saturated rings. The number of phenols is 1. The molecule has 0 aliphatic heterocycles. The molecule has 21 nitrogen and oxygen atoms in total. The Morgan fingerprint density at radius 1 is 0.705 bits per heavy atom. The minimum Gasteiger partial charge on any atom is -0.508 e. The summed E-state index contributed by atoms with van der Waals surface area (Å²) in [7, 11) is 0. The highest BCUT2D eigenvalue weighted by atomic mass is 16.5. The molecule has 8 atom stereocenters. The second-order valence-corrected chi connectivity index (χ2v) is 14.9. The first-order chi connectivity index (χ1) is 28.7. The molecule has 0 aliphatic rings. The normalized spacial score (nSPS) is 15.1. The maximum Gasteiger partial charge on any atom is 0.331 e. The number of benzene rings is 2. The minimum atomic E-state index is -2.50. The summed E-state index contributed by atoms with van der Waals surface area (Å²) < 4.78 is 5.03. The average Bonchev–Trinajstić information content (AvgIpc) is 3.20. The fourth-order valence-corrected chi connectivity index (χ4v) is 5.86. The fraction of sp³-hybridized carbons (Fsp3) is 0.500. The Bertz CT molecular complexity index is 1800. The molecule has 2 rings (SSSR count). The summed E-state index contributed by atoms with van der Waals surface area (Å²) >= 11 is 0. The molecule has 0 saturated carbocycles. The van der Waals surface area contributed by atoms with Crippen molar-refractivity contribution < 1.29 is 68.6 Å². The number of aliphatic hydroxyl groups is 3. The molecule has 2 aromatic rings. The van der Waals surface area contributed by atoms with Gasteiger partial charge in [-0.15, -0.1) is 0 Å². The van der Waals surface area contributed by atoms with Gasteiger partial charge in [0.25, 0.3) is 5.91 Å². The predicted molar refractivity (Wildman–Crippen MR) is 215 cm³/mol. The van der Waals surface area contributed by atoms with Crippen molar-refractivity contribution in [2.24, 2.45) is 23.1 Å². The van der Waals surface area contributed by atoms with E-state index in [1.807, 2.05) is 10.6 Å². The van der Waals surface area contributed by atoms with Crippen molar-refractivity contribution >= 4 is 47.4 Å². The van der Waals surface area contributed by atoms with E-state index in [0.717, 1.165) is 25.7 Å². The highest BCUT2D eigenvalue weighted by Crippen LogP contribution is 2.19. The Morgan fingerprint density at radius 3 is 1.89 bits per heavy atom. The molecule has 0 bridgehead atoms. The van der Waals surface area contributed by atoms with Crippen LogP contribution in [0, 0.1) is 5.92 Å². The third-order valence-electron chi connectivity index (χ3n) is 9.23. The van der Waals surface area contributed by atoms with Crippen LogP contribution in [-0.4, -0.2) is 122 Å². The highest BCUT2D eigenvalue weighted by Gasteiger charge is 2.39. The van der Waals surface area contributed by atoms with Gasteiger partial charge < -0.3 is 68.7 Å². The van der Waals surface area contributed by atoms with E-state index in [9.17, 15) is 63.9 Å². The fourth-order valence-electron chi connectivity index (χ4n) is 5.86. The summed E-state index contributed by atoms with van der Waals surface area (Å²) in [5.41, 5.74) is 17.1. The molecule has 2 aromatic carbocycles. The summed E-state index contributed by atoms with van der Waals surface area (Å²) in [5, 5.41) is 59.8. The zero-order valence-electron chi connectivity index (χ0n) is 33.9. The standard InChI is InChI=1S/C40H57N7O14/c1-21(2)9-5-3-8-12-24(41)18-30(51)44-26(19-29(42)50)36(55)46-31(34(53)35(43)54)38(57)47-32(33(52)23-10-6-4-7-11-23)40(60)61-20-28(49)37(56)45-27(39(58)59)17-22-13-15-25(48)16-14-22/h4,6-7,10-11,13-16,21,24,26-28,31-34,48-49,52-53H,3,5,8-9,12,17-20,41H2,1-2H3,(H2,42,50)(H2,43,54)(H,44,51)(H,45,56)(H,46,55)(H,47,57)(H,58,59)/t24-,26-,27-,28-,31+,32-,33+,34-/m1/s1. The van der Waals surface area contributed by atoms with Gasteiger partial charge in [-0.1, -0.05) is 82.0 Å². The maximum absolute atomic E-state index is 13.7. The van der Waals surface area contributed by atoms with Gasteiger partial charge >= 0.3 is 11.9 Å². The summed E-state index contributed by atoms with van der Waals surface area (Å²) in [6, 6.07) is 4.18. The Labute approximate surface area is 351 Å². The lowest BCUT2D eigenvalue weighted by Crippen LogP contribution is -2.62. The van der Waals surface area contributed by atoms with Crippen LogP contribution in [0.25, 0.3) is 0 Å². The molecule has 0 aliphatic carbocycles. The average molecular weight is 860 g/mol. The van der Waals surface area contributed by atoms with Crippen LogP contribution in [-0.2, 0) is 49.5 Å². The van der Waals surface area contributed by atoms with Crippen LogP contribution >= 0.6 is 0 Å². The number of rotatable bonds is 27. The number of amides is 6. The molecule has 0 radical (unpaired) electrons. The van der Waals surface area contributed by atoms with Gasteiger partial charge in [0, 0.05) is 18.9 Å². The van der Waals surface area contributed by atoms with Gasteiger partial charge in [0.2, 0.25) is 29.5 Å². The smallest absolute Gasteiger partial charge is 0.331 e. The number of nitrogens with two attached hydrogens (primary N) is 3. The molecule has 61 heavy (non-hydrogen) atoms. The van der Waals surface area contributed by atoms with Crippen molar-refractivity contribution in [1.29, 1.82) is 0 Å². The quantitative estimate of drug-likeness (QED) is 0.0330. The molecule has 15 N–H and O–H groups in total. The SMILES string of the molecule is CC(C)CCCCC[C@@H](N)CC(=O)N[C@H](CC(N)=O)C(=O)N[C@H](C(=O)N[C@@H](C(=O)OC[C@@H](O)C(=O)N[C@H](Cc1ccc(O)cc1)C(=O)O)[C@@H](O)c1ccccc1)[C@@H](O)C(N)=O. The van der Waals surface area contributed by atoms with Crippen LogP contribution in [0.3, 0.4) is 0 Å². The molecular weight excluding hydrogens is 802 g/mol. The third kappa shape index (κ3) is 18.3. The molecular formula is C40H57N7O14. The van der Waals surface area contributed by atoms with E-state index in [2.05, 4.69) is 24.5 Å². The molecule has 0 heterocycles. The molecule has 6 amide bonds. The summed E-state index contributed by atoms with van der Waals surface area (Å²) in [6.07, 6.45) is -3.80. The number of aromatic hydroxyl groups is 1. The zero-order valence-corrected chi connectivity index (χ0v) is 33.9. The van der Waals surface area contributed by atoms with E-state index >= 15 is 0 Å². The van der Waals surface area contributed by atoms with Crippen molar-refractivity contribution in [2.45, 2.75) is 114 Å². The number of carboxylic acids is 1. The number of nitrogens with one attached hydrogen (secondary N) is 4. The second kappa shape index (κ2) is 25.5. The second-order valence-electron chi connectivity index (χ2n) is 14.9. The van der Waals surface area contributed by atoms with Crippen molar-refractivity contribution in [3.05, 3.63) is 65.7 Å². The number of phenolic OH excluding ortho intramolecular Hbond substituents is 1. The number of primary amides is 2. The first kappa shape index (κ1) is 51.0. The molecule has 21 heteroatoms. The van der Waals surface area contributed by atoms with Gasteiger partial charge in [-0.25, -0.2) is 9.59 Å². The summed E-state index contributed by atoms with van der Waals surface area (Å²) in [6.45, 7) is 3.08. The van der Waals surface area contributed by atoms with Crippen LogP contribution in [0.15, 0.2) is 54.6 Å². The van der Waals surface area contributed by atoms with Crippen molar-refractivity contribution in [3.8, 4) is 5.75 Å². The van der Waals surface area contributed by atoms with Gasteiger partial charge in [-0.05, 0) is 35.6 Å². The largest absolute Gasteiger partial charge is 0.508 e. The number of carbonyl (C=O) groups is 8. The van der Waals surface area contributed by atoms with Gasteiger partial charge in [0.15, 0.2) is 18.2 Å². The van der Waals surface area contributed by atoms with Crippen LogP contribution in [0.1, 0.15) is 76.0 Å². The molecule has 0 saturated heterocycles. The number of carboxylic acid groups (broad SMARTS) is 1. The van der Waals surface area contributed by atoms with Crippen LogP contribution in [0.4, 0.5) is 0 Å². The van der Waals surface area contributed by atoms with Gasteiger partial charge in [0.05, 0.1) is 6.42 Å². The van der Waals surface area contributed by atoms with E-state index in [0.29, 0.717) is 17.9 Å². The Morgan fingerprint density at radius 2 is 1.31 bits per heavy atom. The summed E-state index contributed by atoms with van der Waals surface area (Å²) in [5.74, 6) is -9.98. The zero-order chi connectivity index (χ0) is 45.8. The third-order valence-corrected chi connectivity index (χ3v) is 9.23. The van der Waals surface area contributed by atoms with Gasteiger partial charge in [-0.3, -0.25) is 28.8 Å². The lowest BCUT2D eigenvalue weighted by molar-refractivity contribution is -0.157. The lowest BCUT2D eigenvalue weighted by Gasteiger charge is -2.28. The number of esters is 1. The highest BCUT2D eigenvalue weighted by molar-refractivity contribution is 5.98. The van der Waals surface area contributed by atoms with E-state index < -0.39 is 109 Å². The number of unbranched alkanes of at least 4 members (excludes halogenated alkanes) is 2. The molecule has 0 spiro atoms. The maximum atomic E-state index is 13.7. The number of aliphatic carboxylic acids is 1. The van der Waals surface area contributed by atoms with E-state index in [1.54, 1.807) is 6.07 Å². The van der Waals surface area contributed by atoms with E-state index in [1.165, 1.54) is 48.5 Å². The Hall–Kier alpha value is -6.16. The van der Waals surface area contributed by atoms with Crippen molar-refractivity contribution in [2.75, 3.05) is 6.61 Å². The van der Waals surface area contributed by atoms with Crippen LogP contribution < -0.4 is 38.5 Å². The first-order valence-electron chi connectivity index (χ1n) is 19.5. The number of aliphatic hydroxyl groups excluding tert-OH is 3. The predicted octanol–water partition coefficient (Wildman–Crippen LogP) is -2.36. The van der Waals surface area contributed by atoms with Crippen molar-refractivity contribution in [1.82, 2.24) is 21.3 Å². The Kier molecular flexibility index (Phi) is 21.3. The number of hydrogen-bond acceptors (Lipinski definition) is 14. The lowest BCUT2D eigenvalue weighted by atomic mass is 10.0. The van der Waals surface area contributed by atoms with Gasteiger partial charge in [-0.2, -0.15) is 0 Å². The van der Waals surface area contributed by atoms with E-state index in [4.69, 9.17) is 21.9 Å². The first-order valence-corrected chi connectivity index (χ1v) is 19.5. The van der Waals surface area contributed by atoms with Crippen molar-refractivity contribution in [3.63, 3.8) is 0 Å². The molecule has 336 valence electrons. The Balaban J connectivity index is 2.24. The van der Waals surface area contributed by atoms with Crippen LogP contribution in [0.5, 0.6) is 5.75 Å². The summed E-state index contributed by atoms with van der Waals surface area (Å²) in [4.78, 5) is 102. The monoisotopic (exact) mass is 859 g/mol. The molecule has 0 unspecified atom stereocenters.